The Morgan fingerprint density at radius 2 is 0.672 bits per heavy atom. The molecule has 1 amide bonds. The number of phenolic OH excluding ortho intramolecular Hbond substituents is 5. The van der Waals surface area contributed by atoms with Crippen molar-refractivity contribution in [3.63, 3.8) is 0 Å². The van der Waals surface area contributed by atoms with Gasteiger partial charge in [0.25, 0.3) is 0 Å². The van der Waals surface area contributed by atoms with Gasteiger partial charge in [-0.2, -0.15) is 0 Å². The number of carbonyl (C=O) groups is 1. The molecule has 13 nitrogen and oxygen atoms in total. The van der Waals surface area contributed by atoms with Crippen molar-refractivity contribution in [1.29, 1.82) is 0 Å². The zero-order valence-corrected chi connectivity index (χ0v) is 34.7. The number of carbonyl (C=O) groups excluding carboxylic acids is 1. The average molecular weight is 834 g/mol. The van der Waals surface area contributed by atoms with E-state index in [1.165, 1.54) is 0 Å². The summed E-state index contributed by atoms with van der Waals surface area (Å²) >= 11 is 0. The van der Waals surface area contributed by atoms with Gasteiger partial charge in [0.15, 0.2) is 0 Å². The van der Waals surface area contributed by atoms with Gasteiger partial charge in [-0.1, -0.05) is 60.7 Å². The minimum atomic E-state index is -0.360. The summed E-state index contributed by atoms with van der Waals surface area (Å²) in [4.78, 5) is 11.4. The first-order valence-electron chi connectivity index (χ1n) is 21.0. The Kier molecular flexibility index (Phi) is 18.7. The highest BCUT2D eigenvalue weighted by molar-refractivity contribution is 5.73. The smallest absolute Gasteiger partial charge is 0.218 e. The van der Waals surface area contributed by atoms with Gasteiger partial charge in [0.2, 0.25) is 5.91 Å². The Hall–Kier alpha value is -5.67. The molecule has 0 spiro atoms. The zero-order valence-electron chi connectivity index (χ0n) is 34.7. The third kappa shape index (κ3) is 17.8. The second-order valence-corrected chi connectivity index (χ2v) is 16.0. The van der Waals surface area contributed by atoms with Gasteiger partial charge in [-0.3, -0.25) is 4.79 Å². The monoisotopic (exact) mass is 833 g/mol. The van der Waals surface area contributed by atoms with Crippen LogP contribution in [0.3, 0.4) is 0 Å². The Bertz CT molecular complexity index is 2000. The predicted octanol–water partition coefficient (Wildman–Crippen LogP) is 3.35. The quantitative estimate of drug-likeness (QED) is 0.0342. The number of aromatic hydroxyl groups is 5. The van der Waals surface area contributed by atoms with E-state index in [1.807, 2.05) is 60.7 Å². The van der Waals surface area contributed by atoms with Gasteiger partial charge in [0.1, 0.15) is 28.7 Å². The van der Waals surface area contributed by atoms with E-state index in [9.17, 15) is 30.3 Å². The number of hydrogen-bond donors (Lipinski definition) is 12. The molecule has 0 aromatic heterocycles. The first kappa shape index (κ1) is 46.4. The van der Waals surface area contributed by atoms with Crippen LogP contribution in [0.15, 0.2) is 121 Å². The van der Waals surface area contributed by atoms with Gasteiger partial charge in [-0.05, 0) is 121 Å². The maximum absolute atomic E-state index is 11.4. The second-order valence-electron chi connectivity index (χ2n) is 16.0. The minimum Gasteiger partial charge on any atom is -0.508 e. The maximum Gasteiger partial charge on any atom is 0.218 e. The molecule has 0 heterocycles. The summed E-state index contributed by atoms with van der Waals surface area (Å²) in [5.41, 5.74) is 17.3. The molecule has 326 valence electrons. The van der Waals surface area contributed by atoms with Crippen molar-refractivity contribution < 1.29 is 30.3 Å². The number of nitrogens with two attached hydrogens (primary N) is 2. The first-order valence-corrected chi connectivity index (χ1v) is 21.0. The van der Waals surface area contributed by atoms with Crippen LogP contribution in [-0.2, 0) is 36.9 Å². The molecule has 1 unspecified atom stereocenters. The van der Waals surface area contributed by atoms with Crippen LogP contribution in [0.25, 0.3) is 0 Å². The van der Waals surface area contributed by atoms with Crippen molar-refractivity contribution in [2.24, 2.45) is 11.5 Å². The van der Waals surface area contributed by atoms with Gasteiger partial charge < -0.3 is 63.6 Å². The third-order valence-electron chi connectivity index (χ3n) is 10.7. The summed E-state index contributed by atoms with van der Waals surface area (Å²) < 4.78 is 0. The summed E-state index contributed by atoms with van der Waals surface area (Å²) in [6, 6.07) is 35.9. The van der Waals surface area contributed by atoms with Gasteiger partial charge in [0, 0.05) is 75.9 Å². The molecule has 0 saturated heterocycles. The normalized spacial score (nSPS) is 13.9. The molecule has 0 aliphatic carbocycles. The summed E-state index contributed by atoms with van der Waals surface area (Å²) in [5.74, 6) is 0.691. The van der Waals surface area contributed by atoms with Crippen molar-refractivity contribution in [3.05, 3.63) is 149 Å². The largest absolute Gasteiger partial charge is 0.508 e. The molecule has 61 heavy (non-hydrogen) atoms. The zero-order chi connectivity index (χ0) is 43.4. The van der Waals surface area contributed by atoms with E-state index in [-0.39, 0.29) is 71.3 Å². The van der Waals surface area contributed by atoms with Crippen LogP contribution in [0.1, 0.15) is 34.2 Å². The van der Waals surface area contributed by atoms with Crippen molar-refractivity contribution in [1.82, 2.24) is 26.6 Å². The lowest BCUT2D eigenvalue weighted by Gasteiger charge is -2.29. The Morgan fingerprint density at radius 1 is 0.410 bits per heavy atom. The molecule has 5 rings (SSSR count). The van der Waals surface area contributed by atoms with Crippen LogP contribution in [0, 0.1) is 0 Å². The Morgan fingerprint density at radius 3 is 0.967 bits per heavy atom. The number of benzene rings is 5. The summed E-state index contributed by atoms with van der Waals surface area (Å²) in [6.45, 7) is 3.46. The highest BCUT2D eigenvalue weighted by atomic mass is 16.3. The number of rotatable bonds is 27. The average Bonchev–Trinajstić information content (AvgIpc) is 3.24. The molecule has 5 aromatic rings. The Labute approximate surface area is 359 Å². The van der Waals surface area contributed by atoms with Crippen molar-refractivity contribution in [2.75, 3.05) is 39.3 Å². The molecular weight excluding hydrogens is 771 g/mol. The van der Waals surface area contributed by atoms with Gasteiger partial charge in [-0.15, -0.1) is 0 Å². The van der Waals surface area contributed by atoms with E-state index in [4.69, 9.17) is 11.5 Å². The van der Waals surface area contributed by atoms with Crippen LogP contribution < -0.4 is 38.1 Å². The topological polar surface area (TPSA) is 230 Å². The fourth-order valence-electron chi connectivity index (χ4n) is 7.27. The SMILES string of the molecule is NC(=O)CCNC[C@@H](Cc1ccc(O)cc1)NCC(Cc1ccc(O)cc1)NC[C@@H](Cc1ccc(O)cc1)NC[C@@H](Cc1ccc(O)cc1)NC[C@H](N)Cc1ccc(O)cc1. The molecule has 0 fully saturated rings. The molecular formula is C48H63N7O6. The van der Waals surface area contributed by atoms with Crippen molar-refractivity contribution in [3.8, 4) is 28.7 Å². The molecule has 5 atom stereocenters. The van der Waals surface area contributed by atoms with Crippen LogP contribution in [0.2, 0.25) is 0 Å². The molecule has 14 N–H and O–H groups in total. The predicted molar refractivity (Wildman–Crippen MR) is 241 cm³/mol. The van der Waals surface area contributed by atoms with E-state index in [0.29, 0.717) is 71.4 Å². The number of primary amides is 1. The van der Waals surface area contributed by atoms with E-state index in [0.717, 1.165) is 27.8 Å². The number of amides is 1. The molecule has 0 radical (unpaired) electrons. The summed E-state index contributed by atoms with van der Waals surface area (Å²) in [6.07, 6.45) is 3.65. The lowest BCUT2D eigenvalue weighted by Crippen LogP contribution is -2.53. The van der Waals surface area contributed by atoms with Gasteiger partial charge >= 0.3 is 0 Å². The maximum atomic E-state index is 11.4. The fraction of sp³-hybridized carbons (Fsp3) is 0.354. The van der Waals surface area contributed by atoms with E-state index in [2.05, 4.69) is 26.6 Å². The van der Waals surface area contributed by atoms with Crippen LogP contribution in [0.4, 0.5) is 0 Å². The fourth-order valence-corrected chi connectivity index (χ4v) is 7.27. The number of nitrogens with one attached hydrogen (secondary N) is 5. The number of hydrogen-bond acceptors (Lipinski definition) is 12. The number of phenols is 5. The third-order valence-corrected chi connectivity index (χ3v) is 10.7. The second kappa shape index (κ2) is 24.6. The van der Waals surface area contributed by atoms with E-state index < -0.39 is 0 Å². The first-order chi connectivity index (χ1) is 29.4. The molecule has 0 saturated carbocycles. The lowest BCUT2D eigenvalue weighted by molar-refractivity contribution is -0.117. The van der Waals surface area contributed by atoms with Crippen LogP contribution in [0.5, 0.6) is 28.7 Å². The standard InChI is InChI=1S/C48H63N7O6/c49-38(23-33-1-11-43(56)12-2-33)28-52-40(25-35-5-15-45(58)16-6-35)30-54-42(27-37-9-19-47(60)20-10-37)32-55-41(26-36-7-17-46(59)18-8-36)31-53-39(29-51-22-21-48(50)61)24-34-3-13-44(57)14-4-34/h1-20,38-42,51-60H,21-32,49H2,(H2,50,61)/t38-,39-,40-,41?,42-/m1/s1. The molecule has 0 aliphatic heterocycles. The van der Waals surface area contributed by atoms with E-state index in [1.54, 1.807) is 60.7 Å². The molecule has 13 heteroatoms. The van der Waals surface area contributed by atoms with E-state index >= 15 is 0 Å². The van der Waals surface area contributed by atoms with Crippen molar-refractivity contribution in [2.45, 2.75) is 68.7 Å². The minimum absolute atomic E-state index is 0.000371. The van der Waals surface area contributed by atoms with Gasteiger partial charge in [-0.25, -0.2) is 0 Å². The van der Waals surface area contributed by atoms with Crippen molar-refractivity contribution >= 4 is 5.91 Å². The molecule has 5 aromatic carbocycles. The highest BCUT2D eigenvalue weighted by Gasteiger charge is 2.20. The molecule has 0 aliphatic rings. The van der Waals surface area contributed by atoms with Crippen LogP contribution >= 0.6 is 0 Å². The molecule has 0 bridgehead atoms. The summed E-state index contributed by atoms with van der Waals surface area (Å²) in [5, 5.41) is 68.1. The van der Waals surface area contributed by atoms with Gasteiger partial charge in [0.05, 0.1) is 0 Å². The summed E-state index contributed by atoms with van der Waals surface area (Å²) in [7, 11) is 0. The highest BCUT2D eigenvalue weighted by Crippen LogP contribution is 2.16. The van der Waals surface area contributed by atoms with Crippen LogP contribution in [-0.4, -0.2) is 101 Å². The Balaban J connectivity index is 1.30. The lowest BCUT2D eigenvalue weighted by atomic mass is 10.0.